The van der Waals surface area contributed by atoms with Crippen LogP contribution in [0.3, 0.4) is 0 Å². The summed E-state index contributed by atoms with van der Waals surface area (Å²) in [6, 6.07) is 11.9. The van der Waals surface area contributed by atoms with Gasteiger partial charge in [0.05, 0.1) is 27.3 Å². The van der Waals surface area contributed by atoms with Crippen LogP contribution in [-0.2, 0) is 26.0 Å². The lowest BCUT2D eigenvalue weighted by molar-refractivity contribution is -0.121. The summed E-state index contributed by atoms with van der Waals surface area (Å²) in [4.78, 5) is 26.9. The lowest BCUT2D eigenvalue weighted by Crippen LogP contribution is -2.38. The van der Waals surface area contributed by atoms with Gasteiger partial charge in [-0.1, -0.05) is 42.2 Å². The van der Waals surface area contributed by atoms with Crippen molar-refractivity contribution < 1.29 is 22.7 Å². The third-order valence-electron chi connectivity index (χ3n) is 5.05. The van der Waals surface area contributed by atoms with Crippen molar-refractivity contribution in [1.29, 1.82) is 0 Å². The lowest BCUT2D eigenvalue weighted by atomic mass is 10.1. The number of carbonyl (C=O) groups is 2. The van der Waals surface area contributed by atoms with Crippen LogP contribution < -0.4 is 15.0 Å². The highest BCUT2D eigenvalue weighted by molar-refractivity contribution is 8.26. The van der Waals surface area contributed by atoms with Crippen molar-refractivity contribution in [2.75, 3.05) is 11.5 Å². The van der Waals surface area contributed by atoms with Gasteiger partial charge in [-0.3, -0.25) is 9.59 Å². The van der Waals surface area contributed by atoms with E-state index in [9.17, 15) is 18.0 Å². The molecule has 1 N–H and O–H groups in total. The predicted molar refractivity (Wildman–Crippen MR) is 128 cm³/mol. The molecule has 2 aromatic rings. The number of hydrogen-bond donors (Lipinski definition) is 1. The minimum absolute atomic E-state index is 0.107. The average Bonchev–Trinajstić information content (AvgIpc) is 3.07. The fourth-order valence-corrected chi connectivity index (χ4v) is 5.50. The average molecular weight is 489 g/mol. The Kier molecular flexibility index (Phi) is 6.11. The van der Waals surface area contributed by atoms with Gasteiger partial charge in [0, 0.05) is 0 Å². The van der Waals surface area contributed by atoms with Gasteiger partial charge in [-0.15, -0.1) is 0 Å². The van der Waals surface area contributed by atoms with E-state index in [2.05, 4.69) is 5.32 Å². The third kappa shape index (κ3) is 4.43. The summed E-state index contributed by atoms with van der Waals surface area (Å²) in [5.74, 6) is 0.0374. The molecule has 0 spiro atoms. The van der Waals surface area contributed by atoms with Crippen LogP contribution in [0.15, 0.2) is 52.3 Å². The van der Waals surface area contributed by atoms with Crippen LogP contribution in [0.5, 0.6) is 5.75 Å². The van der Waals surface area contributed by atoms with Gasteiger partial charge in [-0.25, -0.2) is 8.42 Å². The van der Waals surface area contributed by atoms with Crippen LogP contribution in [0.4, 0.5) is 5.69 Å². The molecule has 0 bridgehead atoms. The number of anilines is 1. The zero-order valence-electron chi connectivity index (χ0n) is 17.3. The van der Waals surface area contributed by atoms with Crippen molar-refractivity contribution in [2.45, 2.75) is 30.5 Å². The summed E-state index contributed by atoms with van der Waals surface area (Å²) in [7, 11) is -3.43. The van der Waals surface area contributed by atoms with E-state index in [-0.39, 0.29) is 29.9 Å². The maximum Gasteiger partial charge on any atom is 0.265 e. The molecular formula is C22H20N2O5S3. The molecule has 2 aromatic carbocycles. The van der Waals surface area contributed by atoms with Crippen molar-refractivity contribution in [3.05, 3.63) is 58.5 Å². The van der Waals surface area contributed by atoms with Crippen LogP contribution in [-0.4, -0.2) is 36.4 Å². The van der Waals surface area contributed by atoms with Crippen LogP contribution in [0.2, 0.25) is 0 Å². The number of carbonyl (C=O) groups excluding carboxylic acids is 2. The second kappa shape index (κ2) is 8.68. The van der Waals surface area contributed by atoms with E-state index >= 15 is 0 Å². The van der Waals surface area contributed by atoms with Crippen LogP contribution in [0.25, 0.3) is 6.08 Å². The Labute approximate surface area is 195 Å². The first-order valence-corrected chi connectivity index (χ1v) is 12.6. The van der Waals surface area contributed by atoms with Gasteiger partial charge in [-0.2, -0.15) is 0 Å². The molecule has 7 nitrogen and oxygen atoms in total. The number of nitrogens with zero attached hydrogens (tertiary/aromatic N) is 1. The number of rotatable bonds is 5. The fraction of sp³-hybridized carbons (Fsp3) is 0.227. The van der Waals surface area contributed by atoms with Crippen LogP contribution in [0.1, 0.15) is 25.0 Å². The number of thiocarbonyl (C=S) groups is 1. The molecule has 32 heavy (non-hydrogen) atoms. The molecular weight excluding hydrogens is 468 g/mol. The van der Waals surface area contributed by atoms with E-state index in [4.69, 9.17) is 17.0 Å². The number of hydrogen-bond acceptors (Lipinski definition) is 7. The zero-order valence-corrected chi connectivity index (χ0v) is 19.8. The summed E-state index contributed by atoms with van der Waals surface area (Å²) in [6.45, 7) is 3.35. The van der Waals surface area contributed by atoms with Gasteiger partial charge in [0.15, 0.2) is 16.4 Å². The van der Waals surface area contributed by atoms with E-state index in [1.54, 1.807) is 67.3 Å². The molecule has 2 amide bonds. The molecule has 2 aliphatic heterocycles. The maximum atomic E-state index is 12.7. The van der Waals surface area contributed by atoms with Gasteiger partial charge in [-0.05, 0) is 55.3 Å². The molecule has 0 unspecified atom stereocenters. The highest BCUT2D eigenvalue weighted by atomic mass is 32.2. The molecule has 4 rings (SSSR count). The van der Waals surface area contributed by atoms with Crippen LogP contribution in [0, 0.1) is 0 Å². The number of nitrogens with one attached hydrogen (secondary N) is 1. The van der Waals surface area contributed by atoms with Gasteiger partial charge >= 0.3 is 0 Å². The van der Waals surface area contributed by atoms with E-state index in [1.165, 1.54) is 11.8 Å². The standard InChI is InChI=1S/C22H20N2O5S3/c1-13(2)32(27,28)16-5-3-4-15(8-16)11-24-17-9-14(6-7-18(17)29-12-20(24)25)10-19-21(26)23-22(30)31-19/h3-10,13H,11-12H2,1-2H3,(H,23,26,30)/b19-10+. The van der Waals surface area contributed by atoms with Crippen molar-refractivity contribution >= 4 is 61.7 Å². The van der Waals surface area contributed by atoms with E-state index in [0.29, 0.717) is 31.8 Å². The van der Waals surface area contributed by atoms with E-state index in [1.807, 2.05) is 0 Å². The fourth-order valence-electron chi connectivity index (χ4n) is 3.33. The number of benzene rings is 2. The molecule has 0 atom stereocenters. The van der Waals surface area contributed by atoms with Crippen molar-refractivity contribution in [3.8, 4) is 5.75 Å². The number of fused-ring (bicyclic) bond motifs is 1. The summed E-state index contributed by atoms with van der Waals surface area (Å²) >= 11 is 6.20. The van der Waals surface area contributed by atoms with Crippen molar-refractivity contribution in [1.82, 2.24) is 5.32 Å². The molecule has 1 fully saturated rings. The molecule has 10 heteroatoms. The molecule has 166 valence electrons. The Balaban J connectivity index is 1.67. The van der Waals surface area contributed by atoms with E-state index in [0.717, 1.165) is 0 Å². The Bertz CT molecular complexity index is 1270. The monoisotopic (exact) mass is 488 g/mol. The molecule has 0 aromatic heterocycles. The summed E-state index contributed by atoms with van der Waals surface area (Å²) in [5.41, 5.74) is 1.96. The molecule has 2 heterocycles. The smallest absolute Gasteiger partial charge is 0.265 e. The Morgan fingerprint density at radius 1 is 1.22 bits per heavy atom. The first kappa shape index (κ1) is 22.5. The molecule has 0 saturated carbocycles. The highest BCUT2D eigenvalue weighted by Gasteiger charge is 2.27. The van der Waals surface area contributed by atoms with Gasteiger partial charge < -0.3 is 15.0 Å². The third-order valence-corrected chi connectivity index (χ3v) is 8.37. The minimum Gasteiger partial charge on any atom is -0.482 e. The number of amides is 2. The van der Waals surface area contributed by atoms with Gasteiger partial charge in [0.2, 0.25) is 0 Å². The molecule has 2 aliphatic rings. The molecule has 0 aliphatic carbocycles. The zero-order chi connectivity index (χ0) is 23.0. The number of thioether (sulfide) groups is 1. The number of sulfone groups is 1. The second-order valence-corrected chi connectivity index (χ2v) is 11.8. The van der Waals surface area contributed by atoms with Crippen molar-refractivity contribution in [2.24, 2.45) is 0 Å². The SMILES string of the molecule is CC(C)S(=O)(=O)c1cccc(CN2C(=O)COc3ccc(/C=C4/SC(=S)NC4=O)cc32)c1. The van der Waals surface area contributed by atoms with Crippen LogP contribution >= 0.6 is 24.0 Å². The molecule has 1 saturated heterocycles. The maximum absolute atomic E-state index is 12.7. The highest BCUT2D eigenvalue weighted by Crippen LogP contribution is 2.36. The topological polar surface area (TPSA) is 92.8 Å². The normalized spacial score (nSPS) is 17.5. The quantitative estimate of drug-likeness (QED) is 0.510. The predicted octanol–water partition coefficient (Wildman–Crippen LogP) is 3.28. The first-order chi connectivity index (χ1) is 15.1. The lowest BCUT2D eigenvalue weighted by Gasteiger charge is -2.30. The number of ether oxygens (including phenoxy) is 1. The summed E-state index contributed by atoms with van der Waals surface area (Å²) < 4.78 is 31.1. The largest absolute Gasteiger partial charge is 0.482 e. The second-order valence-electron chi connectivity index (χ2n) is 7.59. The van der Waals surface area contributed by atoms with Gasteiger partial charge in [0.25, 0.3) is 11.8 Å². The van der Waals surface area contributed by atoms with Crippen molar-refractivity contribution in [3.63, 3.8) is 0 Å². The Hall–Kier alpha value is -2.69. The minimum atomic E-state index is -3.43. The Morgan fingerprint density at radius 2 is 2.00 bits per heavy atom. The Morgan fingerprint density at radius 3 is 2.69 bits per heavy atom. The molecule has 0 radical (unpaired) electrons. The first-order valence-electron chi connectivity index (χ1n) is 9.80. The van der Waals surface area contributed by atoms with E-state index < -0.39 is 15.1 Å². The summed E-state index contributed by atoms with van der Waals surface area (Å²) in [6.07, 6.45) is 1.70. The van der Waals surface area contributed by atoms with Gasteiger partial charge in [0.1, 0.15) is 10.1 Å². The summed E-state index contributed by atoms with van der Waals surface area (Å²) in [5, 5.41) is 2.03.